The first kappa shape index (κ1) is 21.7. The molecule has 1 aliphatic heterocycles. The average molecular weight is 425 g/mol. The molecule has 3 rings (SSSR count). The van der Waals surface area contributed by atoms with Crippen LogP contribution in [0.1, 0.15) is 24.0 Å². The largest absolute Gasteiger partial charge is 0.334 e. The monoisotopic (exact) mass is 424 g/mol. The quantitative estimate of drug-likeness (QED) is 0.637. The van der Waals surface area contributed by atoms with E-state index in [0.717, 1.165) is 5.56 Å². The van der Waals surface area contributed by atoms with Crippen molar-refractivity contribution in [2.45, 2.75) is 24.3 Å². The molecule has 156 valence electrons. The van der Waals surface area contributed by atoms with Gasteiger partial charge in [0.1, 0.15) is 4.90 Å². The minimum atomic E-state index is -3.59. The molecular formula is C22H24N4O3S. The highest BCUT2D eigenvalue weighted by atomic mass is 32.2. The van der Waals surface area contributed by atoms with Crippen molar-refractivity contribution in [2.24, 2.45) is 5.92 Å². The number of carbonyl (C=O) groups is 1. The summed E-state index contributed by atoms with van der Waals surface area (Å²) in [6.45, 7) is 5.17. The second kappa shape index (κ2) is 9.65. The number of rotatable bonds is 7. The molecule has 2 aromatic rings. The Labute approximate surface area is 177 Å². The van der Waals surface area contributed by atoms with Gasteiger partial charge in [-0.2, -0.15) is 9.57 Å². The summed E-state index contributed by atoms with van der Waals surface area (Å²) in [6, 6.07) is 12.3. The summed E-state index contributed by atoms with van der Waals surface area (Å²) in [6.07, 6.45) is 5.50. The molecule has 1 aliphatic rings. The van der Waals surface area contributed by atoms with Gasteiger partial charge in [-0.05, 0) is 42.7 Å². The van der Waals surface area contributed by atoms with E-state index in [9.17, 15) is 13.2 Å². The summed E-state index contributed by atoms with van der Waals surface area (Å²) in [5, 5.41) is 8.93. The Morgan fingerprint density at radius 1 is 1.27 bits per heavy atom. The van der Waals surface area contributed by atoms with Crippen LogP contribution >= 0.6 is 0 Å². The van der Waals surface area contributed by atoms with Crippen LogP contribution in [0.4, 0.5) is 0 Å². The highest BCUT2D eigenvalue weighted by Crippen LogP contribution is 2.25. The fraction of sp³-hybridized carbons (Fsp3) is 0.318. The Morgan fingerprint density at radius 2 is 1.97 bits per heavy atom. The normalized spacial score (nSPS) is 15.3. The van der Waals surface area contributed by atoms with Crippen molar-refractivity contribution in [1.29, 1.82) is 5.26 Å². The van der Waals surface area contributed by atoms with E-state index in [0.29, 0.717) is 44.6 Å². The van der Waals surface area contributed by atoms with Crippen molar-refractivity contribution in [3.05, 3.63) is 72.6 Å². The molecule has 0 bridgehead atoms. The van der Waals surface area contributed by atoms with Crippen LogP contribution in [0.25, 0.3) is 0 Å². The Hall–Kier alpha value is -3.02. The lowest BCUT2D eigenvalue weighted by atomic mass is 9.96. The molecule has 7 nitrogen and oxygen atoms in total. The summed E-state index contributed by atoms with van der Waals surface area (Å²) < 4.78 is 26.9. The summed E-state index contributed by atoms with van der Waals surface area (Å²) in [5.41, 5.74) is 1.50. The standard InChI is InChI=1S/C22H24N4O3S/c1-2-12-25(17-19-7-5-18(15-23)6-8-19)22(27)20-9-13-26(14-10-20)30(28,29)21-4-3-11-24-16-21/h2-8,11,16,20H,1,9-10,12-14,17H2. The fourth-order valence-electron chi connectivity index (χ4n) is 3.54. The molecule has 1 saturated heterocycles. The molecule has 0 unspecified atom stereocenters. The molecule has 8 heteroatoms. The fourth-order valence-corrected chi connectivity index (χ4v) is 4.98. The van der Waals surface area contributed by atoms with Crippen LogP contribution in [0.5, 0.6) is 0 Å². The van der Waals surface area contributed by atoms with E-state index in [2.05, 4.69) is 17.6 Å². The number of nitriles is 1. The maximum absolute atomic E-state index is 13.1. The average Bonchev–Trinajstić information content (AvgIpc) is 2.79. The maximum atomic E-state index is 13.1. The van der Waals surface area contributed by atoms with Gasteiger partial charge in [0, 0.05) is 44.5 Å². The van der Waals surface area contributed by atoms with Crippen molar-refractivity contribution in [2.75, 3.05) is 19.6 Å². The molecule has 0 spiro atoms. The van der Waals surface area contributed by atoms with E-state index < -0.39 is 10.0 Å². The van der Waals surface area contributed by atoms with Crippen molar-refractivity contribution >= 4 is 15.9 Å². The highest BCUT2D eigenvalue weighted by Gasteiger charge is 2.33. The van der Waals surface area contributed by atoms with Crippen molar-refractivity contribution in [3.8, 4) is 6.07 Å². The van der Waals surface area contributed by atoms with E-state index >= 15 is 0 Å². The second-order valence-electron chi connectivity index (χ2n) is 7.18. The van der Waals surface area contributed by atoms with E-state index in [4.69, 9.17) is 5.26 Å². The summed E-state index contributed by atoms with van der Waals surface area (Å²) in [5.74, 6) is -0.235. The molecule has 0 aliphatic carbocycles. The van der Waals surface area contributed by atoms with E-state index in [1.807, 2.05) is 12.1 Å². The number of aromatic nitrogens is 1. The number of pyridine rings is 1. The maximum Gasteiger partial charge on any atom is 0.244 e. The van der Waals surface area contributed by atoms with Gasteiger partial charge in [0.15, 0.2) is 0 Å². The number of nitrogens with zero attached hydrogens (tertiary/aromatic N) is 4. The van der Waals surface area contributed by atoms with Gasteiger partial charge in [-0.3, -0.25) is 9.78 Å². The third-order valence-corrected chi connectivity index (χ3v) is 7.08. The predicted molar refractivity (Wildman–Crippen MR) is 112 cm³/mol. The van der Waals surface area contributed by atoms with Gasteiger partial charge in [0.2, 0.25) is 15.9 Å². The zero-order chi connectivity index (χ0) is 21.6. The Morgan fingerprint density at radius 3 is 2.53 bits per heavy atom. The van der Waals surface area contributed by atoms with Crippen LogP contribution in [-0.4, -0.2) is 48.1 Å². The first-order valence-electron chi connectivity index (χ1n) is 9.74. The van der Waals surface area contributed by atoms with Gasteiger partial charge in [-0.25, -0.2) is 8.42 Å². The Kier molecular flexibility index (Phi) is 6.98. The second-order valence-corrected chi connectivity index (χ2v) is 9.12. The first-order valence-corrected chi connectivity index (χ1v) is 11.2. The van der Waals surface area contributed by atoms with E-state index in [-0.39, 0.29) is 16.7 Å². The zero-order valence-corrected chi connectivity index (χ0v) is 17.5. The number of sulfonamides is 1. The zero-order valence-electron chi connectivity index (χ0n) is 16.6. The van der Waals surface area contributed by atoms with Crippen LogP contribution in [0.15, 0.2) is 66.3 Å². The summed E-state index contributed by atoms with van der Waals surface area (Å²) >= 11 is 0. The van der Waals surface area contributed by atoms with E-state index in [1.165, 1.54) is 22.8 Å². The molecule has 0 radical (unpaired) electrons. The van der Waals surface area contributed by atoms with Crippen LogP contribution in [0.2, 0.25) is 0 Å². The molecule has 0 saturated carbocycles. The third-order valence-electron chi connectivity index (χ3n) is 5.19. The lowest BCUT2D eigenvalue weighted by molar-refractivity contribution is -0.136. The molecule has 0 atom stereocenters. The molecule has 1 aromatic heterocycles. The van der Waals surface area contributed by atoms with E-state index in [1.54, 1.807) is 29.2 Å². The molecule has 30 heavy (non-hydrogen) atoms. The number of hydrogen-bond donors (Lipinski definition) is 0. The molecule has 0 N–H and O–H groups in total. The van der Waals surface area contributed by atoms with Gasteiger partial charge in [0.05, 0.1) is 11.6 Å². The van der Waals surface area contributed by atoms with Crippen molar-refractivity contribution < 1.29 is 13.2 Å². The topological polar surface area (TPSA) is 94.4 Å². The Balaban J connectivity index is 1.64. The lowest BCUT2D eigenvalue weighted by Crippen LogP contribution is -2.44. The minimum Gasteiger partial charge on any atom is -0.334 e. The molecule has 2 heterocycles. The van der Waals surface area contributed by atoms with Crippen molar-refractivity contribution in [3.63, 3.8) is 0 Å². The SMILES string of the molecule is C=CCN(Cc1ccc(C#N)cc1)C(=O)C1CCN(S(=O)(=O)c2cccnc2)CC1. The smallest absolute Gasteiger partial charge is 0.244 e. The Bertz CT molecular complexity index is 1020. The van der Waals surface area contributed by atoms with Gasteiger partial charge in [-0.1, -0.05) is 18.2 Å². The van der Waals surface area contributed by atoms with Crippen LogP contribution in [-0.2, 0) is 21.4 Å². The number of benzene rings is 1. The first-order chi connectivity index (χ1) is 14.5. The van der Waals surface area contributed by atoms with Crippen LogP contribution < -0.4 is 0 Å². The predicted octanol–water partition coefficient (Wildman–Crippen LogP) is 2.57. The van der Waals surface area contributed by atoms with Crippen LogP contribution in [0.3, 0.4) is 0 Å². The van der Waals surface area contributed by atoms with Gasteiger partial charge >= 0.3 is 0 Å². The van der Waals surface area contributed by atoms with Gasteiger partial charge < -0.3 is 4.90 Å². The molecule has 1 aromatic carbocycles. The number of carbonyl (C=O) groups excluding carboxylic acids is 1. The number of piperidine rings is 1. The van der Waals surface area contributed by atoms with Gasteiger partial charge in [0.25, 0.3) is 0 Å². The van der Waals surface area contributed by atoms with Crippen molar-refractivity contribution in [1.82, 2.24) is 14.2 Å². The third kappa shape index (κ3) is 4.93. The molecule has 1 fully saturated rings. The highest BCUT2D eigenvalue weighted by molar-refractivity contribution is 7.89. The lowest BCUT2D eigenvalue weighted by Gasteiger charge is -2.33. The molecular weight excluding hydrogens is 400 g/mol. The minimum absolute atomic E-state index is 0.00214. The van der Waals surface area contributed by atoms with Gasteiger partial charge in [-0.15, -0.1) is 6.58 Å². The summed E-state index contributed by atoms with van der Waals surface area (Å²) in [4.78, 5) is 18.9. The molecule has 1 amide bonds. The number of amides is 1. The summed E-state index contributed by atoms with van der Waals surface area (Å²) in [7, 11) is -3.59. The number of hydrogen-bond acceptors (Lipinski definition) is 5. The van der Waals surface area contributed by atoms with Crippen LogP contribution in [0, 0.1) is 17.2 Å².